The van der Waals surface area contributed by atoms with Gasteiger partial charge in [0.15, 0.2) is 0 Å². The summed E-state index contributed by atoms with van der Waals surface area (Å²) >= 11 is 5.98. The zero-order chi connectivity index (χ0) is 16.9. The molecule has 0 aliphatic carbocycles. The van der Waals surface area contributed by atoms with Gasteiger partial charge in [0.25, 0.3) is 0 Å². The molecule has 0 aliphatic rings. The molecule has 4 nitrogen and oxygen atoms in total. The highest BCUT2D eigenvalue weighted by molar-refractivity contribution is 7.88. The van der Waals surface area contributed by atoms with E-state index in [-0.39, 0.29) is 12.3 Å². The van der Waals surface area contributed by atoms with E-state index in [1.165, 1.54) is 19.2 Å². The quantitative estimate of drug-likeness (QED) is 0.827. The van der Waals surface area contributed by atoms with Crippen LogP contribution in [0.15, 0.2) is 48.5 Å². The third kappa shape index (κ3) is 5.28. The first kappa shape index (κ1) is 17.9. The molecule has 0 bridgehead atoms. The van der Waals surface area contributed by atoms with Gasteiger partial charge in [-0.2, -0.15) is 0 Å². The van der Waals surface area contributed by atoms with Crippen molar-refractivity contribution in [2.24, 2.45) is 0 Å². The number of sulfonamides is 1. The van der Waals surface area contributed by atoms with Gasteiger partial charge in [-0.1, -0.05) is 41.9 Å². The maximum Gasteiger partial charge on any atom is 0.215 e. The molecule has 0 spiro atoms. The summed E-state index contributed by atoms with van der Waals surface area (Å²) in [5.74, 6) is -0.629. The van der Waals surface area contributed by atoms with Crippen molar-refractivity contribution in [2.45, 2.75) is 11.9 Å². The Kier molecular flexibility index (Phi) is 6.12. The van der Waals surface area contributed by atoms with E-state index in [0.717, 1.165) is 0 Å². The molecule has 2 rings (SSSR count). The summed E-state index contributed by atoms with van der Waals surface area (Å²) in [6.07, 6.45) is -0.577. The smallest absolute Gasteiger partial charge is 0.215 e. The van der Waals surface area contributed by atoms with E-state index in [4.69, 9.17) is 16.3 Å². The fraction of sp³-hybridized carbons (Fsp3) is 0.250. The second kappa shape index (κ2) is 7.88. The molecule has 0 amide bonds. The summed E-state index contributed by atoms with van der Waals surface area (Å²) in [5.41, 5.74) is 1.08. The van der Waals surface area contributed by atoms with Crippen LogP contribution < -0.4 is 4.72 Å². The minimum absolute atomic E-state index is 0.00669. The topological polar surface area (TPSA) is 55.4 Å². The molecule has 0 aromatic heterocycles. The lowest BCUT2D eigenvalue weighted by atomic mass is 10.1. The lowest BCUT2D eigenvalue weighted by Gasteiger charge is -2.17. The number of hydrogen-bond acceptors (Lipinski definition) is 3. The number of hydrogen-bond donors (Lipinski definition) is 1. The van der Waals surface area contributed by atoms with Crippen LogP contribution in [0, 0.1) is 5.82 Å². The van der Waals surface area contributed by atoms with Gasteiger partial charge in [-0.05, 0) is 29.3 Å². The van der Waals surface area contributed by atoms with E-state index in [0.29, 0.717) is 16.1 Å². The highest BCUT2D eigenvalue weighted by Gasteiger charge is 2.18. The zero-order valence-electron chi connectivity index (χ0n) is 12.5. The van der Waals surface area contributed by atoms with Gasteiger partial charge >= 0.3 is 0 Å². The van der Waals surface area contributed by atoms with E-state index >= 15 is 0 Å². The zero-order valence-corrected chi connectivity index (χ0v) is 14.1. The van der Waals surface area contributed by atoms with Crippen molar-refractivity contribution >= 4 is 21.6 Å². The Balaban J connectivity index is 2.04. The van der Waals surface area contributed by atoms with Crippen molar-refractivity contribution in [3.05, 3.63) is 70.5 Å². The van der Waals surface area contributed by atoms with Crippen LogP contribution in [0.25, 0.3) is 0 Å². The SMILES string of the molecule is COC(CNS(=O)(=O)Cc1ccccc1Cl)c1cccc(F)c1. The largest absolute Gasteiger partial charge is 0.375 e. The molecule has 0 aliphatic heterocycles. The molecule has 0 fully saturated rings. The Morgan fingerprint density at radius 1 is 1.22 bits per heavy atom. The molecule has 124 valence electrons. The molecule has 2 aromatic carbocycles. The molecule has 0 heterocycles. The Hall–Kier alpha value is -1.47. The van der Waals surface area contributed by atoms with Gasteiger partial charge in [0.1, 0.15) is 5.82 Å². The Morgan fingerprint density at radius 2 is 1.96 bits per heavy atom. The first-order valence-corrected chi connectivity index (χ1v) is 8.93. The maximum absolute atomic E-state index is 13.3. The predicted octanol–water partition coefficient (Wildman–Crippen LogP) is 3.29. The van der Waals surface area contributed by atoms with Crippen LogP contribution in [-0.2, 0) is 20.5 Å². The second-order valence-corrected chi connectivity index (χ2v) is 7.19. The Bertz CT molecular complexity index is 767. The average molecular weight is 358 g/mol. The molecule has 0 radical (unpaired) electrons. The third-order valence-corrected chi connectivity index (χ3v) is 4.96. The third-order valence-electron chi connectivity index (χ3n) is 3.30. The van der Waals surface area contributed by atoms with Crippen LogP contribution in [0.5, 0.6) is 0 Å². The predicted molar refractivity (Wildman–Crippen MR) is 88.2 cm³/mol. The first-order valence-electron chi connectivity index (χ1n) is 6.90. The van der Waals surface area contributed by atoms with E-state index in [1.807, 2.05) is 0 Å². The van der Waals surface area contributed by atoms with Crippen LogP contribution in [0.4, 0.5) is 4.39 Å². The number of rotatable bonds is 7. The summed E-state index contributed by atoms with van der Waals surface area (Å²) in [6.45, 7) is 0.00669. The van der Waals surface area contributed by atoms with Crippen LogP contribution in [-0.4, -0.2) is 22.1 Å². The summed E-state index contributed by atoms with van der Waals surface area (Å²) < 4.78 is 45.3. The number of ether oxygens (including phenoxy) is 1. The van der Waals surface area contributed by atoms with Gasteiger partial charge in [-0.25, -0.2) is 17.5 Å². The second-order valence-electron chi connectivity index (χ2n) is 4.98. The highest BCUT2D eigenvalue weighted by atomic mass is 35.5. The van der Waals surface area contributed by atoms with Gasteiger partial charge in [0, 0.05) is 18.7 Å². The summed E-state index contributed by atoms with van der Waals surface area (Å²) in [6, 6.07) is 12.6. The molecule has 1 atom stereocenters. The number of benzene rings is 2. The summed E-state index contributed by atoms with van der Waals surface area (Å²) in [7, 11) is -2.15. The van der Waals surface area contributed by atoms with Gasteiger partial charge in [0.05, 0.1) is 11.9 Å². The standard InChI is InChI=1S/C16H17ClFNO3S/c1-22-16(12-6-4-7-14(18)9-12)10-19-23(20,21)11-13-5-2-3-8-15(13)17/h2-9,16,19H,10-11H2,1H3. The van der Waals surface area contributed by atoms with Crippen molar-refractivity contribution in [2.75, 3.05) is 13.7 Å². The number of nitrogens with one attached hydrogen (secondary N) is 1. The minimum Gasteiger partial charge on any atom is -0.375 e. The van der Waals surface area contributed by atoms with Gasteiger partial charge in [-0.15, -0.1) is 0 Å². The Labute approximate surface area is 140 Å². The molecule has 23 heavy (non-hydrogen) atoms. The van der Waals surface area contributed by atoms with E-state index in [1.54, 1.807) is 36.4 Å². The van der Waals surface area contributed by atoms with Gasteiger partial charge in [-0.3, -0.25) is 0 Å². The summed E-state index contributed by atoms with van der Waals surface area (Å²) in [4.78, 5) is 0. The lowest BCUT2D eigenvalue weighted by molar-refractivity contribution is 0.107. The van der Waals surface area contributed by atoms with Crippen molar-refractivity contribution in [3.8, 4) is 0 Å². The van der Waals surface area contributed by atoms with Crippen LogP contribution >= 0.6 is 11.6 Å². The maximum atomic E-state index is 13.3. The van der Waals surface area contributed by atoms with Crippen molar-refractivity contribution in [1.82, 2.24) is 4.72 Å². The minimum atomic E-state index is -3.59. The van der Waals surface area contributed by atoms with Crippen molar-refractivity contribution < 1.29 is 17.5 Å². The monoisotopic (exact) mass is 357 g/mol. The van der Waals surface area contributed by atoms with Crippen molar-refractivity contribution in [1.29, 1.82) is 0 Å². The molecule has 2 aromatic rings. The number of methoxy groups -OCH3 is 1. The lowest BCUT2D eigenvalue weighted by Crippen LogP contribution is -2.30. The molecule has 1 N–H and O–H groups in total. The fourth-order valence-electron chi connectivity index (χ4n) is 2.12. The van der Waals surface area contributed by atoms with Gasteiger partial charge < -0.3 is 4.74 Å². The fourth-order valence-corrected chi connectivity index (χ4v) is 3.57. The molecule has 0 saturated heterocycles. The van der Waals surface area contributed by atoms with E-state index in [2.05, 4.69) is 4.72 Å². The van der Waals surface area contributed by atoms with Gasteiger partial charge in [0.2, 0.25) is 10.0 Å². The first-order chi connectivity index (χ1) is 10.9. The van der Waals surface area contributed by atoms with E-state index < -0.39 is 21.9 Å². The molecule has 0 saturated carbocycles. The van der Waals surface area contributed by atoms with Crippen LogP contribution in [0.2, 0.25) is 5.02 Å². The molecular formula is C16H17ClFNO3S. The Morgan fingerprint density at radius 3 is 2.61 bits per heavy atom. The van der Waals surface area contributed by atoms with Crippen molar-refractivity contribution in [3.63, 3.8) is 0 Å². The average Bonchev–Trinajstić information content (AvgIpc) is 2.50. The highest BCUT2D eigenvalue weighted by Crippen LogP contribution is 2.19. The van der Waals surface area contributed by atoms with Crippen LogP contribution in [0.3, 0.4) is 0 Å². The summed E-state index contributed by atoms with van der Waals surface area (Å²) in [5, 5.41) is 0.395. The molecule has 7 heteroatoms. The van der Waals surface area contributed by atoms with Crippen LogP contribution in [0.1, 0.15) is 17.2 Å². The molecule has 1 unspecified atom stereocenters. The number of halogens is 2. The molecular weight excluding hydrogens is 341 g/mol. The normalized spacial score (nSPS) is 13.0. The van der Waals surface area contributed by atoms with E-state index in [9.17, 15) is 12.8 Å².